The molecule has 2 radical (unpaired) electrons. The molecule has 2 aromatic rings. The van der Waals surface area contributed by atoms with Crippen molar-refractivity contribution in [2.75, 3.05) is 7.11 Å². The van der Waals surface area contributed by atoms with Gasteiger partial charge in [-0.1, -0.05) is 36.3 Å². The van der Waals surface area contributed by atoms with Crippen LogP contribution in [0.25, 0.3) is 16.8 Å². The lowest BCUT2D eigenvalue weighted by atomic mass is 9.93. The van der Waals surface area contributed by atoms with Crippen LogP contribution < -0.4 is 10.2 Å². The maximum Gasteiger partial charge on any atom is 0.126 e. The molecule has 0 unspecified atom stereocenters. The van der Waals surface area contributed by atoms with Crippen molar-refractivity contribution in [3.63, 3.8) is 0 Å². The molecule has 0 aliphatic rings. The van der Waals surface area contributed by atoms with E-state index in [0.29, 0.717) is 0 Å². The van der Waals surface area contributed by atoms with Gasteiger partial charge in [0.1, 0.15) is 13.6 Å². The van der Waals surface area contributed by atoms with Crippen molar-refractivity contribution in [3.05, 3.63) is 42.5 Å². The van der Waals surface area contributed by atoms with E-state index in [9.17, 15) is 0 Å². The molecular formula is C13H11BO. The van der Waals surface area contributed by atoms with Crippen LogP contribution in [0.2, 0.25) is 0 Å². The van der Waals surface area contributed by atoms with Crippen molar-refractivity contribution in [2.45, 2.75) is 0 Å². The van der Waals surface area contributed by atoms with Crippen LogP contribution in [0.4, 0.5) is 0 Å². The van der Waals surface area contributed by atoms with Crippen LogP contribution in [0, 0.1) is 0 Å². The Morgan fingerprint density at radius 3 is 2.67 bits per heavy atom. The molecule has 2 heteroatoms. The van der Waals surface area contributed by atoms with Gasteiger partial charge in [0.2, 0.25) is 0 Å². The Bertz CT molecular complexity index is 517. The van der Waals surface area contributed by atoms with E-state index in [2.05, 4.69) is 6.58 Å². The Hall–Kier alpha value is -1.70. The molecule has 0 amide bonds. The maximum absolute atomic E-state index is 5.73. The summed E-state index contributed by atoms with van der Waals surface area (Å²) in [6.07, 6.45) is 1.78. The SMILES string of the molecule is [B]c1ccc2cc(OC)c(C=C)cc2c1. The Morgan fingerprint density at radius 1 is 1.20 bits per heavy atom. The second kappa shape index (κ2) is 3.81. The van der Waals surface area contributed by atoms with Gasteiger partial charge in [-0.3, -0.25) is 0 Å². The van der Waals surface area contributed by atoms with Crippen LogP contribution in [0.5, 0.6) is 5.75 Å². The molecule has 0 N–H and O–H groups in total. The number of methoxy groups -OCH3 is 1. The molecule has 0 aromatic heterocycles. The molecule has 0 spiro atoms. The van der Waals surface area contributed by atoms with Crippen molar-refractivity contribution in [3.8, 4) is 5.75 Å². The molecular weight excluding hydrogens is 183 g/mol. The Morgan fingerprint density at radius 2 is 2.00 bits per heavy atom. The van der Waals surface area contributed by atoms with Gasteiger partial charge in [0.05, 0.1) is 7.11 Å². The van der Waals surface area contributed by atoms with Gasteiger partial charge < -0.3 is 4.74 Å². The first kappa shape index (κ1) is 9.84. The fraction of sp³-hybridized carbons (Fsp3) is 0.0769. The summed E-state index contributed by atoms with van der Waals surface area (Å²) in [7, 11) is 7.39. The topological polar surface area (TPSA) is 9.23 Å². The summed E-state index contributed by atoms with van der Waals surface area (Å²) in [5, 5.41) is 2.22. The van der Waals surface area contributed by atoms with Crippen molar-refractivity contribution >= 4 is 30.2 Å². The molecule has 0 heterocycles. The van der Waals surface area contributed by atoms with Crippen molar-refractivity contribution in [1.29, 1.82) is 0 Å². The van der Waals surface area contributed by atoms with Crippen LogP contribution in [-0.4, -0.2) is 15.0 Å². The average molecular weight is 194 g/mol. The number of hydrogen-bond donors (Lipinski definition) is 0. The quantitative estimate of drug-likeness (QED) is 0.666. The van der Waals surface area contributed by atoms with E-state index >= 15 is 0 Å². The molecule has 0 saturated heterocycles. The summed E-state index contributed by atoms with van der Waals surface area (Å²) in [5.74, 6) is 0.835. The highest BCUT2D eigenvalue weighted by molar-refractivity contribution is 6.33. The highest BCUT2D eigenvalue weighted by Gasteiger charge is 2.02. The Kier molecular flexibility index (Phi) is 2.50. The summed E-state index contributed by atoms with van der Waals surface area (Å²) in [6.45, 7) is 3.76. The lowest BCUT2D eigenvalue weighted by Gasteiger charge is -2.07. The zero-order valence-electron chi connectivity index (χ0n) is 8.66. The maximum atomic E-state index is 5.73. The fourth-order valence-corrected chi connectivity index (χ4v) is 1.65. The van der Waals surface area contributed by atoms with Crippen molar-refractivity contribution < 1.29 is 4.74 Å². The van der Waals surface area contributed by atoms with Gasteiger partial charge in [-0.2, -0.15) is 0 Å². The number of rotatable bonds is 2. The third-order valence-electron chi connectivity index (χ3n) is 2.43. The lowest BCUT2D eigenvalue weighted by Crippen LogP contribution is -2.00. The molecule has 2 aromatic carbocycles. The van der Waals surface area contributed by atoms with Gasteiger partial charge in [0.15, 0.2) is 0 Å². The van der Waals surface area contributed by atoms with Crippen LogP contribution in [0.15, 0.2) is 36.9 Å². The molecule has 0 atom stereocenters. The number of hydrogen-bond acceptors (Lipinski definition) is 1. The minimum atomic E-state index is 0.766. The van der Waals surface area contributed by atoms with Gasteiger partial charge in [0, 0.05) is 5.56 Å². The first-order chi connectivity index (χ1) is 7.24. The monoisotopic (exact) mass is 194 g/mol. The molecule has 72 valence electrons. The van der Waals surface area contributed by atoms with E-state index in [1.807, 2.05) is 30.3 Å². The van der Waals surface area contributed by atoms with Crippen molar-refractivity contribution in [1.82, 2.24) is 0 Å². The Balaban J connectivity index is 2.75. The highest BCUT2D eigenvalue weighted by Crippen LogP contribution is 2.25. The average Bonchev–Trinajstić information content (AvgIpc) is 2.27. The van der Waals surface area contributed by atoms with Crippen LogP contribution >= 0.6 is 0 Å². The molecule has 2 rings (SSSR count). The Labute approximate surface area is 90.8 Å². The van der Waals surface area contributed by atoms with Gasteiger partial charge in [-0.05, 0) is 22.9 Å². The zero-order chi connectivity index (χ0) is 10.8. The zero-order valence-corrected chi connectivity index (χ0v) is 8.66. The number of fused-ring (bicyclic) bond motifs is 1. The van der Waals surface area contributed by atoms with Gasteiger partial charge in [-0.15, -0.1) is 0 Å². The summed E-state index contributed by atoms with van der Waals surface area (Å²) in [4.78, 5) is 0. The minimum Gasteiger partial charge on any atom is -0.496 e. The van der Waals surface area contributed by atoms with Crippen LogP contribution in [0.3, 0.4) is 0 Å². The second-order valence-corrected chi connectivity index (χ2v) is 3.40. The van der Waals surface area contributed by atoms with Crippen LogP contribution in [-0.2, 0) is 0 Å². The number of ether oxygens (including phenoxy) is 1. The highest BCUT2D eigenvalue weighted by atomic mass is 16.5. The standard InChI is InChI=1S/C13H11BO/c1-3-9-6-11-7-12(14)5-4-10(11)8-13(9)15-2/h3-8H,1H2,2H3. The van der Waals surface area contributed by atoms with Gasteiger partial charge in [0.25, 0.3) is 0 Å². The van der Waals surface area contributed by atoms with Gasteiger partial charge in [-0.25, -0.2) is 0 Å². The van der Waals surface area contributed by atoms with E-state index in [1.165, 1.54) is 0 Å². The first-order valence-electron chi connectivity index (χ1n) is 4.74. The summed E-state index contributed by atoms with van der Waals surface area (Å²) >= 11 is 0. The molecule has 0 saturated carbocycles. The smallest absolute Gasteiger partial charge is 0.126 e. The molecule has 1 nitrogen and oxygen atoms in total. The lowest BCUT2D eigenvalue weighted by molar-refractivity contribution is 0.414. The first-order valence-corrected chi connectivity index (χ1v) is 4.74. The summed E-state index contributed by atoms with van der Waals surface area (Å²) in [6, 6.07) is 9.83. The van der Waals surface area contributed by atoms with E-state index in [1.54, 1.807) is 13.2 Å². The second-order valence-electron chi connectivity index (χ2n) is 3.40. The molecule has 0 bridgehead atoms. The molecule has 0 fully saturated rings. The summed E-state index contributed by atoms with van der Waals surface area (Å²) in [5.41, 5.74) is 1.75. The predicted molar refractivity (Wildman–Crippen MR) is 66.0 cm³/mol. The normalized spacial score (nSPS) is 10.2. The number of benzene rings is 2. The van der Waals surface area contributed by atoms with Crippen molar-refractivity contribution in [2.24, 2.45) is 0 Å². The van der Waals surface area contributed by atoms with E-state index in [4.69, 9.17) is 12.6 Å². The third kappa shape index (κ3) is 1.75. The van der Waals surface area contributed by atoms with E-state index in [0.717, 1.165) is 27.5 Å². The minimum absolute atomic E-state index is 0.766. The molecule has 15 heavy (non-hydrogen) atoms. The molecule has 0 aliphatic carbocycles. The van der Waals surface area contributed by atoms with E-state index < -0.39 is 0 Å². The predicted octanol–water partition coefficient (Wildman–Crippen LogP) is 2.29. The van der Waals surface area contributed by atoms with E-state index in [-0.39, 0.29) is 0 Å². The third-order valence-corrected chi connectivity index (χ3v) is 2.43. The van der Waals surface area contributed by atoms with Crippen LogP contribution in [0.1, 0.15) is 5.56 Å². The largest absolute Gasteiger partial charge is 0.496 e. The summed E-state index contributed by atoms with van der Waals surface area (Å²) < 4.78 is 5.27. The molecule has 0 aliphatic heterocycles. The fourth-order valence-electron chi connectivity index (χ4n) is 1.65. The van der Waals surface area contributed by atoms with Gasteiger partial charge >= 0.3 is 0 Å².